The van der Waals surface area contributed by atoms with Crippen LogP contribution in [0.2, 0.25) is 0 Å². The summed E-state index contributed by atoms with van der Waals surface area (Å²) in [6, 6.07) is 8.48. The molecule has 0 aromatic heterocycles. The number of nitrogens with one attached hydrogen (secondary N) is 1. The molecule has 1 atom stereocenters. The fraction of sp³-hybridized carbons (Fsp3) is 0.200. The monoisotopic (exact) mass is 252 g/mol. The van der Waals surface area contributed by atoms with Crippen molar-refractivity contribution >= 4 is 21.8 Å². The van der Waals surface area contributed by atoms with E-state index in [0.29, 0.717) is 5.56 Å². The molecule has 72 valence electrons. The summed E-state index contributed by atoms with van der Waals surface area (Å²) < 4.78 is 0.842. The highest BCUT2D eigenvalue weighted by Gasteiger charge is 2.08. The second-order valence-electron chi connectivity index (χ2n) is 2.83. The van der Waals surface area contributed by atoms with Crippen molar-refractivity contribution in [2.45, 2.75) is 13.0 Å². The minimum Gasteiger partial charge on any atom is -0.337 e. The maximum atomic E-state index is 11.5. The standard InChI is InChI=1S/C10H9BrN2O/c1-7(6-12)13-10(14)8-3-2-4-9(11)5-8/h2-5,7H,1H3,(H,13,14). The summed E-state index contributed by atoms with van der Waals surface area (Å²) in [4.78, 5) is 11.5. The number of nitrogens with zero attached hydrogens (tertiary/aromatic N) is 1. The van der Waals surface area contributed by atoms with Gasteiger partial charge in [-0.25, -0.2) is 0 Å². The number of hydrogen-bond donors (Lipinski definition) is 1. The highest BCUT2D eigenvalue weighted by molar-refractivity contribution is 9.10. The zero-order chi connectivity index (χ0) is 10.6. The van der Waals surface area contributed by atoms with E-state index >= 15 is 0 Å². The van der Waals surface area contributed by atoms with E-state index in [0.717, 1.165) is 4.47 Å². The van der Waals surface area contributed by atoms with Crippen LogP contribution in [-0.2, 0) is 0 Å². The number of hydrogen-bond acceptors (Lipinski definition) is 2. The van der Waals surface area contributed by atoms with Gasteiger partial charge in [-0.05, 0) is 25.1 Å². The van der Waals surface area contributed by atoms with Crippen molar-refractivity contribution in [1.29, 1.82) is 5.26 Å². The Labute approximate surface area is 90.9 Å². The zero-order valence-electron chi connectivity index (χ0n) is 7.62. The quantitative estimate of drug-likeness (QED) is 0.877. The molecule has 0 heterocycles. The summed E-state index contributed by atoms with van der Waals surface area (Å²) >= 11 is 3.27. The first kappa shape index (κ1) is 10.7. The van der Waals surface area contributed by atoms with E-state index in [-0.39, 0.29) is 5.91 Å². The van der Waals surface area contributed by atoms with Gasteiger partial charge in [0.15, 0.2) is 0 Å². The number of rotatable bonds is 2. The Morgan fingerprint density at radius 1 is 1.64 bits per heavy atom. The first-order valence-electron chi connectivity index (χ1n) is 4.09. The highest BCUT2D eigenvalue weighted by Crippen LogP contribution is 2.11. The second kappa shape index (κ2) is 4.77. The molecular weight excluding hydrogens is 244 g/mol. The Balaban J connectivity index is 2.76. The number of carbonyl (C=O) groups is 1. The van der Waals surface area contributed by atoms with Crippen molar-refractivity contribution in [1.82, 2.24) is 5.32 Å². The molecule has 1 amide bonds. The molecule has 0 radical (unpaired) electrons. The van der Waals surface area contributed by atoms with Gasteiger partial charge in [0, 0.05) is 10.0 Å². The van der Waals surface area contributed by atoms with E-state index in [1.54, 1.807) is 25.1 Å². The lowest BCUT2D eigenvalue weighted by molar-refractivity contribution is 0.0948. The third-order valence-corrected chi connectivity index (χ3v) is 2.12. The SMILES string of the molecule is CC(C#N)NC(=O)c1cccc(Br)c1. The van der Waals surface area contributed by atoms with Gasteiger partial charge < -0.3 is 5.32 Å². The number of halogens is 1. The van der Waals surface area contributed by atoms with Gasteiger partial charge in [-0.1, -0.05) is 22.0 Å². The predicted octanol–water partition coefficient (Wildman–Crippen LogP) is 2.09. The number of nitriles is 1. The molecule has 4 heteroatoms. The molecule has 0 saturated heterocycles. The van der Waals surface area contributed by atoms with Crippen molar-refractivity contribution in [2.24, 2.45) is 0 Å². The van der Waals surface area contributed by atoms with Crippen LogP contribution in [0.15, 0.2) is 28.7 Å². The van der Waals surface area contributed by atoms with Crippen molar-refractivity contribution in [3.05, 3.63) is 34.3 Å². The van der Waals surface area contributed by atoms with Crippen LogP contribution in [0.5, 0.6) is 0 Å². The topological polar surface area (TPSA) is 52.9 Å². The van der Waals surface area contributed by atoms with Crippen molar-refractivity contribution in [3.63, 3.8) is 0 Å². The average molecular weight is 253 g/mol. The van der Waals surface area contributed by atoms with Crippen molar-refractivity contribution < 1.29 is 4.79 Å². The predicted molar refractivity (Wildman–Crippen MR) is 56.7 cm³/mol. The molecule has 1 aromatic rings. The molecule has 3 nitrogen and oxygen atoms in total. The van der Waals surface area contributed by atoms with Gasteiger partial charge in [-0.15, -0.1) is 0 Å². The molecule has 0 fully saturated rings. The summed E-state index contributed by atoms with van der Waals surface area (Å²) in [5.41, 5.74) is 0.543. The number of carbonyl (C=O) groups excluding carboxylic acids is 1. The Hall–Kier alpha value is -1.34. The summed E-state index contributed by atoms with van der Waals surface area (Å²) in [6.45, 7) is 1.63. The number of amides is 1. The van der Waals surface area contributed by atoms with Crippen LogP contribution >= 0.6 is 15.9 Å². The van der Waals surface area contributed by atoms with Gasteiger partial charge in [0.1, 0.15) is 6.04 Å². The van der Waals surface area contributed by atoms with Crippen LogP contribution in [0.25, 0.3) is 0 Å². The van der Waals surface area contributed by atoms with Crippen LogP contribution in [-0.4, -0.2) is 11.9 Å². The fourth-order valence-corrected chi connectivity index (χ4v) is 1.34. The third-order valence-electron chi connectivity index (χ3n) is 1.63. The van der Waals surface area contributed by atoms with E-state index in [2.05, 4.69) is 21.2 Å². The van der Waals surface area contributed by atoms with E-state index in [1.807, 2.05) is 12.1 Å². The maximum Gasteiger partial charge on any atom is 0.252 e. The molecular formula is C10H9BrN2O. The van der Waals surface area contributed by atoms with Crippen LogP contribution < -0.4 is 5.32 Å². The Bertz CT molecular complexity index is 384. The Kier molecular flexibility index (Phi) is 3.66. The minimum absolute atomic E-state index is 0.236. The third kappa shape index (κ3) is 2.86. The normalized spacial score (nSPS) is 11.5. The van der Waals surface area contributed by atoms with Gasteiger partial charge in [0.2, 0.25) is 0 Å². The van der Waals surface area contributed by atoms with Gasteiger partial charge in [0.05, 0.1) is 6.07 Å². The molecule has 14 heavy (non-hydrogen) atoms. The van der Waals surface area contributed by atoms with Crippen LogP contribution in [0.1, 0.15) is 17.3 Å². The van der Waals surface area contributed by atoms with Crippen LogP contribution in [0.3, 0.4) is 0 Å². The van der Waals surface area contributed by atoms with E-state index in [4.69, 9.17) is 5.26 Å². The second-order valence-corrected chi connectivity index (χ2v) is 3.75. The summed E-state index contributed by atoms with van der Waals surface area (Å²) in [5.74, 6) is -0.236. The first-order chi connectivity index (χ1) is 6.63. The molecule has 1 aromatic carbocycles. The van der Waals surface area contributed by atoms with Crippen molar-refractivity contribution in [3.8, 4) is 6.07 Å². The van der Waals surface area contributed by atoms with Gasteiger partial charge in [0.25, 0.3) is 5.91 Å². The molecule has 0 bridgehead atoms. The zero-order valence-corrected chi connectivity index (χ0v) is 9.21. The van der Waals surface area contributed by atoms with Crippen LogP contribution in [0, 0.1) is 11.3 Å². The number of benzene rings is 1. The Morgan fingerprint density at radius 2 is 2.36 bits per heavy atom. The average Bonchev–Trinajstić information content (AvgIpc) is 2.17. The molecule has 0 saturated carbocycles. The summed E-state index contributed by atoms with van der Waals surface area (Å²) in [6.07, 6.45) is 0. The van der Waals surface area contributed by atoms with Gasteiger partial charge >= 0.3 is 0 Å². The van der Waals surface area contributed by atoms with Gasteiger partial charge in [-0.3, -0.25) is 4.79 Å². The smallest absolute Gasteiger partial charge is 0.252 e. The minimum atomic E-state index is -0.471. The van der Waals surface area contributed by atoms with E-state index in [1.165, 1.54) is 0 Å². The molecule has 0 aliphatic heterocycles. The van der Waals surface area contributed by atoms with Gasteiger partial charge in [-0.2, -0.15) is 5.26 Å². The summed E-state index contributed by atoms with van der Waals surface area (Å²) in [5, 5.41) is 11.1. The molecule has 1 unspecified atom stereocenters. The molecule has 0 spiro atoms. The summed E-state index contributed by atoms with van der Waals surface area (Å²) in [7, 11) is 0. The fourth-order valence-electron chi connectivity index (χ4n) is 0.942. The largest absolute Gasteiger partial charge is 0.337 e. The lowest BCUT2D eigenvalue weighted by Gasteiger charge is -2.06. The molecule has 1 N–H and O–H groups in total. The van der Waals surface area contributed by atoms with Crippen molar-refractivity contribution in [2.75, 3.05) is 0 Å². The maximum absolute atomic E-state index is 11.5. The molecule has 0 aliphatic rings. The lowest BCUT2D eigenvalue weighted by atomic mass is 10.2. The molecule has 0 aliphatic carbocycles. The van der Waals surface area contributed by atoms with E-state index < -0.39 is 6.04 Å². The highest BCUT2D eigenvalue weighted by atomic mass is 79.9. The van der Waals surface area contributed by atoms with E-state index in [9.17, 15) is 4.79 Å². The Morgan fingerprint density at radius 3 is 2.93 bits per heavy atom. The first-order valence-corrected chi connectivity index (χ1v) is 4.89. The molecule has 1 rings (SSSR count). The lowest BCUT2D eigenvalue weighted by Crippen LogP contribution is -2.31. The van der Waals surface area contributed by atoms with Crippen LogP contribution in [0.4, 0.5) is 0 Å².